The standard InChI is InChI=1S/C15H22N2O2.ClH/c1-19-13-6-4-5-12(9-13)10-17-14(18)15(11-16)7-2-3-8-15;/h4-6,9H,2-3,7-8,10-11,16H2,1H3,(H,17,18);1H. The van der Waals surface area contributed by atoms with Crippen LogP contribution in [0.4, 0.5) is 0 Å². The van der Waals surface area contributed by atoms with E-state index < -0.39 is 0 Å². The van der Waals surface area contributed by atoms with Gasteiger partial charge in [-0.3, -0.25) is 4.79 Å². The van der Waals surface area contributed by atoms with Crippen molar-refractivity contribution < 1.29 is 9.53 Å². The van der Waals surface area contributed by atoms with Crippen molar-refractivity contribution in [3.63, 3.8) is 0 Å². The summed E-state index contributed by atoms with van der Waals surface area (Å²) in [7, 11) is 1.64. The minimum atomic E-state index is -0.334. The monoisotopic (exact) mass is 298 g/mol. The number of rotatable bonds is 5. The second-order valence-corrected chi connectivity index (χ2v) is 5.23. The van der Waals surface area contributed by atoms with Crippen molar-refractivity contribution in [1.82, 2.24) is 5.32 Å². The first-order chi connectivity index (χ1) is 9.20. The Balaban J connectivity index is 0.00000200. The molecule has 0 saturated heterocycles. The zero-order valence-electron chi connectivity index (χ0n) is 11.9. The highest BCUT2D eigenvalue weighted by Crippen LogP contribution is 2.37. The summed E-state index contributed by atoms with van der Waals surface area (Å²) < 4.78 is 5.17. The lowest BCUT2D eigenvalue weighted by Gasteiger charge is -2.25. The zero-order chi connectivity index (χ0) is 13.7. The fourth-order valence-electron chi connectivity index (χ4n) is 2.73. The number of carbonyl (C=O) groups is 1. The highest BCUT2D eigenvalue weighted by molar-refractivity contribution is 5.85. The highest BCUT2D eigenvalue weighted by Gasteiger charge is 2.39. The van der Waals surface area contributed by atoms with Crippen LogP contribution in [-0.2, 0) is 11.3 Å². The number of amides is 1. The minimum Gasteiger partial charge on any atom is -0.497 e. The summed E-state index contributed by atoms with van der Waals surface area (Å²) in [5.41, 5.74) is 6.51. The van der Waals surface area contributed by atoms with Gasteiger partial charge in [-0.2, -0.15) is 0 Å². The Morgan fingerprint density at radius 3 is 2.70 bits per heavy atom. The van der Waals surface area contributed by atoms with E-state index in [0.29, 0.717) is 13.1 Å². The van der Waals surface area contributed by atoms with Crippen LogP contribution in [0, 0.1) is 5.41 Å². The van der Waals surface area contributed by atoms with E-state index in [4.69, 9.17) is 10.5 Å². The lowest BCUT2D eigenvalue weighted by molar-refractivity contribution is -0.130. The van der Waals surface area contributed by atoms with Crippen molar-refractivity contribution in [3.8, 4) is 5.75 Å². The molecule has 0 spiro atoms. The number of ether oxygens (including phenoxy) is 1. The molecule has 5 heteroatoms. The van der Waals surface area contributed by atoms with Gasteiger partial charge in [-0.05, 0) is 30.5 Å². The Labute approximate surface area is 126 Å². The SMILES string of the molecule is COc1cccc(CNC(=O)C2(CN)CCCC2)c1.Cl. The number of benzene rings is 1. The van der Waals surface area contributed by atoms with Crippen molar-refractivity contribution in [1.29, 1.82) is 0 Å². The van der Waals surface area contributed by atoms with Gasteiger partial charge >= 0.3 is 0 Å². The Morgan fingerprint density at radius 1 is 1.40 bits per heavy atom. The smallest absolute Gasteiger partial charge is 0.227 e. The molecule has 0 aromatic heterocycles. The minimum absolute atomic E-state index is 0. The molecule has 1 saturated carbocycles. The molecule has 0 radical (unpaired) electrons. The van der Waals surface area contributed by atoms with Crippen molar-refractivity contribution in [2.45, 2.75) is 32.2 Å². The molecule has 0 unspecified atom stereocenters. The molecule has 1 amide bonds. The molecule has 1 aromatic rings. The zero-order valence-corrected chi connectivity index (χ0v) is 12.7. The first-order valence-corrected chi connectivity index (χ1v) is 6.81. The van der Waals surface area contributed by atoms with Gasteiger partial charge in [-0.1, -0.05) is 25.0 Å². The van der Waals surface area contributed by atoms with Crippen LogP contribution in [-0.4, -0.2) is 19.6 Å². The molecular weight excluding hydrogens is 276 g/mol. The number of methoxy groups -OCH3 is 1. The van der Waals surface area contributed by atoms with Crippen molar-refractivity contribution in [3.05, 3.63) is 29.8 Å². The van der Waals surface area contributed by atoms with Crippen molar-refractivity contribution in [2.75, 3.05) is 13.7 Å². The largest absolute Gasteiger partial charge is 0.497 e. The first-order valence-electron chi connectivity index (χ1n) is 6.81. The normalized spacial score (nSPS) is 16.3. The molecule has 3 N–H and O–H groups in total. The van der Waals surface area contributed by atoms with Crippen LogP contribution in [0.15, 0.2) is 24.3 Å². The summed E-state index contributed by atoms with van der Waals surface area (Å²) in [4.78, 5) is 12.3. The van der Waals surface area contributed by atoms with Crippen LogP contribution >= 0.6 is 12.4 Å². The van der Waals surface area contributed by atoms with E-state index >= 15 is 0 Å². The third kappa shape index (κ3) is 3.64. The number of hydrogen-bond donors (Lipinski definition) is 2. The maximum Gasteiger partial charge on any atom is 0.227 e. The number of hydrogen-bond acceptors (Lipinski definition) is 3. The molecule has 4 nitrogen and oxygen atoms in total. The second-order valence-electron chi connectivity index (χ2n) is 5.23. The van der Waals surface area contributed by atoms with Crippen LogP contribution in [0.25, 0.3) is 0 Å². The summed E-state index contributed by atoms with van der Waals surface area (Å²) in [5, 5.41) is 3.01. The van der Waals surface area contributed by atoms with E-state index in [1.165, 1.54) is 0 Å². The van der Waals surface area contributed by atoms with Gasteiger partial charge in [0.25, 0.3) is 0 Å². The van der Waals surface area contributed by atoms with E-state index in [1.807, 2.05) is 24.3 Å². The summed E-state index contributed by atoms with van der Waals surface area (Å²) in [6.07, 6.45) is 4.02. The van der Waals surface area contributed by atoms with Crippen molar-refractivity contribution in [2.24, 2.45) is 11.1 Å². The Hall–Kier alpha value is -1.26. The van der Waals surface area contributed by atoms with Crippen LogP contribution in [0.1, 0.15) is 31.2 Å². The summed E-state index contributed by atoms with van der Waals surface area (Å²) >= 11 is 0. The van der Waals surface area contributed by atoms with Gasteiger partial charge in [-0.15, -0.1) is 12.4 Å². The third-order valence-electron chi connectivity index (χ3n) is 4.02. The Kier molecular flexibility index (Phi) is 6.30. The van der Waals surface area contributed by atoms with Gasteiger partial charge in [0.15, 0.2) is 0 Å². The first kappa shape index (κ1) is 16.8. The maximum atomic E-state index is 12.3. The number of nitrogens with two attached hydrogens (primary N) is 1. The third-order valence-corrected chi connectivity index (χ3v) is 4.02. The molecule has 0 bridgehead atoms. The molecule has 0 atom stereocenters. The van der Waals surface area contributed by atoms with Gasteiger partial charge in [0.1, 0.15) is 5.75 Å². The van der Waals surface area contributed by atoms with Crippen LogP contribution < -0.4 is 15.8 Å². The molecule has 112 valence electrons. The van der Waals surface area contributed by atoms with Crippen LogP contribution in [0.5, 0.6) is 5.75 Å². The van der Waals surface area contributed by atoms with E-state index in [0.717, 1.165) is 37.0 Å². The average molecular weight is 299 g/mol. The fraction of sp³-hybridized carbons (Fsp3) is 0.533. The van der Waals surface area contributed by atoms with Crippen molar-refractivity contribution >= 4 is 18.3 Å². The molecule has 2 rings (SSSR count). The quantitative estimate of drug-likeness (QED) is 0.876. The topological polar surface area (TPSA) is 64.3 Å². The maximum absolute atomic E-state index is 12.3. The molecule has 1 aliphatic carbocycles. The molecular formula is C15H23ClN2O2. The van der Waals surface area contributed by atoms with Gasteiger partial charge in [0.05, 0.1) is 12.5 Å². The fourth-order valence-corrected chi connectivity index (χ4v) is 2.73. The van der Waals surface area contributed by atoms with E-state index in [2.05, 4.69) is 5.32 Å². The number of carbonyl (C=O) groups excluding carboxylic acids is 1. The predicted octanol–water partition coefficient (Wildman–Crippen LogP) is 2.25. The van der Waals surface area contributed by atoms with Gasteiger partial charge in [0.2, 0.25) is 5.91 Å². The average Bonchev–Trinajstić information content (AvgIpc) is 2.95. The number of nitrogens with one attached hydrogen (secondary N) is 1. The summed E-state index contributed by atoms with van der Waals surface area (Å²) in [5.74, 6) is 0.900. The summed E-state index contributed by atoms with van der Waals surface area (Å²) in [6, 6.07) is 7.73. The second kappa shape index (κ2) is 7.50. The molecule has 0 heterocycles. The van der Waals surface area contributed by atoms with E-state index in [1.54, 1.807) is 7.11 Å². The lowest BCUT2D eigenvalue weighted by atomic mass is 9.85. The van der Waals surface area contributed by atoms with Gasteiger partial charge < -0.3 is 15.8 Å². The van der Waals surface area contributed by atoms with Crippen LogP contribution in [0.2, 0.25) is 0 Å². The molecule has 1 aromatic carbocycles. The van der Waals surface area contributed by atoms with Crippen LogP contribution in [0.3, 0.4) is 0 Å². The predicted molar refractivity (Wildman–Crippen MR) is 82.0 cm³/mol. The molecule has 0 aliphatic heterocycles. The summed E-state index contributed by atoms with van der Waals surface area (Å²) in [6.45, 7) is 0.967. The van der Waals surface area contributed by atoms with E-state index in [-0.39, 0.29) is 23.7 Å². The Morgan fingerprint density at radius 2 is 2.10 bits per heavy atom. The lowest BCUT2D eigenvalue weighted by Crippen LogP contribution is -2.43. The van der Waals surface area contributed by atoms with Gasteiger partial charge in [-0.25, -0.2) is 0 Å². The number of halogens is 1. The molecule has 1 fully saturated rings. The highest BCUT2D eigenvalue weighted by atomic mass is 35.5. The Bertz CT molecular complexity index is 445. The van der Waals surface area contributed by atoms with E-state index in [9.17, 15) is 4.79 Å². The molecule has 20 heavy (non-hydrogen) atoms. The molecule has 1 aliphatic rings. The van der Waals surface area contributed by atoms with Gasteiger partial charge in [0, 0.05) is 13.1 Å².